The van der Waals surface area contributed by atoms with Crippen LogP contribution in [0.3, 0.4) is 0 Å². The van der Waals surface area contributed by atoms with Gasteiger partial charge in [-0.1, -0.05) is 0 Å². The Morgan fingerprint density at radius 3 is 2.27 bits per heavy atom. The minimum atomic E-state index is 0.138. The molecule has 1 aromatic heterocycles. The first kappa shape index (κ1) is 14.4. The Morgan fingerprint density at radius 2 is 1.73 bits per heavy atom. The van der Waals surface area contributed by atoms with Crippen molar-refractivity contribution in [1.82, 2.24) is 4.90 Å². The number of nitrogens with zero attached hydrogens (tertiary/aromatic N) is 2. The fourth-order valence-corrected chi connectivity index (χ4v) is 2.69. The largest absolute Gasteiger partial charge is 0.453 e. The second-order valence-corrected chi connectivity index (χ2v) is 5.36. The second kappa shape index (κ2) is 6.05. The Hall–Kier alpha value is -2.56. The summed E-state index contributed by atoms with van der Waals surface area (Å²) < 4.78 is 5.42. The smallest absolute Gasteiger partial charge is 0.219 e. The van der Waals surface area contributed by atoms with Crippen LogP contribution in [0.25, 0.3) is 11.3 Å². The Balaban J connectivity index is 1.69. The van der Waals surface area contributed by atoms with Crippen molar-refractivity contribution >= 4 is 17.9 Å². The third-order valence-electron chi connectivity index (χ3n) is 3.98. The highest BCUT2D eigenvalue weighted by Crippen LogP contribution is 2.25. The van der Waals surface area contributed by atoms with Crippen molar-refractivity contribution in [2.24, 2.45) is 0 Å². The number of hydrogen-bond donors (Lipinski definition) is 0. The predicted molar refractivity (Wildman–Crippen MR) is 84.0 cm³/mol. The standard InChI is InChI=1S/C17H18N2O3/c1-13(21)18-8-10-19(11-9-18)15-4-2-14(3-5-15)17-7-6-16(12-20)22-17/h2-7,12H,8-11H2,1H3. The monoisotopic (exact) mass is 298 g/mol. The van der Waals surface area contributed by atoms with E-state index < -0.39 is 0 Å². The number of amides is 1. The van der Waals surface area contributed by atoms with Crippen LogP contribution in [-0.2, 0) is 4.79 Å². The molecule has 0 radical (unpaired) electrons. The average Bonchev–Trinajstić information content (AvgIpc) is 3.04. The van der Waals surface area contributed by atoms with E-state index in [1.54, 1.807) is 19.1 Å². The number of carbonyl (C=O) groups excluding carboxylic acids is 2. The molecule has 1 aromatic carbocycles. The fourth-order valence-electron chi connectivity index (χ4n) is 2.69. The normalized spacial score (nSPS) is 15.0. The highest BCUT2D eigenvalue weighted by atomic mass is 16.3. The Kier molecular flexibility index (Phi) is 3.96. The molecule has 0 bridgehead atoms. The van der Waals surface area contributed by atoms with Crippen molar-refractivity contribution in [3.63, 3.8) is 0 Å². The molecular formula is C17H18N2O3. The van der Waals surface area contributed by atoms with E-state index in [9.17, 15) is 9.59 Å². The van der Waals surface area contributed by atoms with Crippen molar-refractivity contribution < 1.29 is 14.0 Å². The number of anilines is 1. The molecule has 22 heavy (non-hydrogen) atoms. The van der Waals surface area contributed by atoms with Gasteiger partial charge in [-0.15, -0.1) is 0 Å². The molecule has 5 heteroatoms. The van der Waals surface area contributed by atoms with Gasteiger partial charge < -0.3 is 14.2 Å². The molecule has 5 nitrogen and oxygen atoms in total. The maximum Gasteiger partial charge on any atom is 0.219 e. The van der Waals surface area contributed by atoms with E-state index in [2.05, 4.69) is 4.90 Å². The van der Waals surface area contributed by atoms with Crippen molar-refractivity contribution in [3.8, 4) is 11.3 Å². The zero-order valence-corrected chi connectivity index (χ0v) is 12.5. The van der Waals surface area contributed by atoms with Crippen LogP contribution in [0.1, 0.15) is 17.5 Å². The van der Waals surface area contributed by atoms with Gasteiger partial charge in [0.2, 0.25) is 5.91 Å². The molecule has 0 unspecified atom stereocenters. The topological polar surface area (TPSA) is 53.8 Å². The van der Waals surface area contributed by atoms with E-state index in [0.717, 1.165) is 37.4 Å². The summed E-state index contributed by atoms with van der Waals surface area (Å²) >= 11 is 0. The fraction of sp³-hybridized carbons (Fsp3) is 0.294. The minimum Gasteiger partial charge on any atom is -0.453 e. The molecule has 2 heterocycles. The van der Waals surface area contributed by atoms with Gasteiger partial charge in [-0.3, -0.25) is 9.59 Å². The molecule has 1 saturated heterocycles. The Labute approximate surface area is 129 Å². The van der Waals surface area contributed by atoms with Gasteiger partial charge in [-0.2, -0.15) is 0 Å². The van der Waals surface area contributed by atoms with E-state index in [1.807, 2.05) is 29.2 Å². The Morgan fingerprint density at radius 1 is 1.05 bits per heavy atom. The van der Waals surface area contributed by atoms with Gasteiger partial charge in [0.15, 0.2) is 12.0 Å². The maximum atomic E-state index is 11.3. The average molecular weight is 298 g/mol. The van der Waals surface area contributed by atoms with Crippen LogP contribution in [0.4, 0.5) is 5.69 Å². The van der Waals surface area contributed by atoms with Crippen molar-refractivity contribution in [3.05, 3.63) is 42.2 Å². The SMILES string of the molecule is CC(=O)N1CCN(c2ccc(-c3ccc(C=O)o3)cc2)CC1. The molecule has 1 aliphatic heterocycles. The molecule has 2 aromatic rings. The highest BCUT2D eigenvalue weighted by molar-refractivity contribution is 5.74. The number of aldehydes is 1. The van der Waals surface area contributed by atoms with E-state index in [-0.39, 0.29) is 5.91 Å². The third-order valence-corrected chi connectivity index (χ3v) is 3.98. The zero-order valence-electron chi connectivity index (χ0n) is 12.5. The van der Waals surface area contributed by atoms with E-state index >= 15 is 0 Å². The minimum absolute atomic E-state index is 0.138. The number of piperazine rings is 1. The van der Waals surface area contributed by atoms with Crippen molar-refractivity contribution in [1.29, 1.82) is 0 Å². The van der Waals surface area contributed by atoms with E-state index in [0.29, 0.717) is 17.8 Å². The molecule has 1 amide bonds. The molecular weight excluding hydrogens is 280 g/mol. The van der Waals surface area contributed by atoms with Crippen LogP contribution in [0.5, 0.6) is 0 Å². The van der Waals surface area contributed by atoms with E-state index in [4.69, 9.17) is 4.42 Å². The van der Waals surface area contributed by atoms with Gasteiger partial charge >= 0.3 is 0 Å². The lowest BCUT2D eigenvalue weighted by Crippen LogP contribution is -2.48. The molecule has 0 saturated carbocycles. The summed E-state index contributed by atoms with van der Waals surface area (Å²) in [6, 6.07) is 11.5. The van der Waals surface area contributed by atoms with Gasteiger partial charge in [0.05, 0.1) is 0 Å². The van der Waals surface area contributed by atoms with Crippen molar-refractivity contribution in [2.45, 2.75) is 6.92 Å². The molecule has 0 spiro atoms. The lowest BCUT2D eigenvalue weighted by Gasteiger charge is -2.35. The lowest BCUT2D eigenvalue weighted by atomic mass is 10.1. The maximum absolute atomic E-state index is 11.3. The first-order chi connectivity index (χ1) is 10.7. The summed E-state index contributed by atoms with van der Waals surface area (Å²) in [6.07, 6.45) is 0.701. The number of furan rings is 1. The summed E-state index contributed by atoms with van der Waals surface area (Å²) in [5.74, 6) is 1.16. The summed E-state index contributed by atoms with van der Waals surface area (Å²) in [7, 11) is 0. The lowest BCUT2D eigenvalue weighted by molar-refractivity contribution is -0.129. The van der Waals surface area contributed by atoms with Crippen LogP contribution in [0, 0.1) is 0 Å². The molecule has 0 atom stereocenters. The second-order valence-electron chi connectivity index (χ2n) is 5.36. The molecule has 1 aliphatic rings. The molecule has 0 N–H and O–H groups in total. The van der Waals surface area contributed by atoms with Crippen molar-refractivity contribution in [2.75, 3.05) is 31.1 Å². The van der Waals surface area contributed by atoms with Gasteiger partial charge in [0, 0.05) is 44.4 Å². The number of benzene rings is 1. The van der Waals surface area contributed by atoms with Gasteiger partial charge in [0.1, 0.15) is 5.76 Å². The summed E-state index contributed by atoms with van der Waals surface area (Å²) in [5.41, 5.74) is 2.08. The van der Waals surface area contributed by atoms with Gasteiger partial charge in [-0.05, 0) is 36.4 Å². The summed E-state index contributed by atoms with van der Waals surface area (Å²) in [5, 5.41) is 0. The van der Waals surface area contributed by atoms with Gasteiger partial charge in [-0.25, -0.2) is 0 Å². The molecule has 0 aliphatic carbocycles. The molecule has 114 valence electrons. The number of carbonyl (C=O) groups is 2. The predicted octanol–water partition coefficient (Wildman–Crippen LogP) is 2.43. The highest BCUT2D eigenvalue weighted by Gasteiger charge is 2.18. The number of hydrogen-bond acceptors (Lipinski definition) is 4. The van der Waals surface area contributed by atoms with Crippen LogP contribution in [0.2, 0.25) is 0 Å². The molecule has 1 fully saturated rings. The summed E-state index contributed by atoms with van der Waals surface area (Å²) in [6.45, 7) is 4.82. The van der Waals surface area contributed by atoms with Crippen LogP contribution < -0.4 is 4.90 Å². The van der Waals surface area contributed by atoms with E-state index in [1.165, 1.54) is 0 Å². The first-order valence-corrected chi connectivity index (χ1v) is 7.33. The van der Waals surface area contributed by atoms with Gasteiger partial charge in [0.25, 0.3) is 0 Å². The van der Waals surface area contributed by atoms with Crippen LogP contribution in [0.15, 0.2) is 40.8 Å². The van der Waals surface area contributed by atoms with Crippen LogP contribution in [-0.4, -0.2) is 43.3 Å². The summed E-state index contributed by atoms with van der Waals surface area (Å²) in [4.78, 5) is 26.1. The first-order valence-electron chi connectivity index (χ1n) is 7.33. The third kappa shape index (κ3) is 2.88. The number of rotatable bonds is 3. The molecule has 3 rings (SSSR count). The Bertz CT molecular complexity index is 667. The quantitative estimate of drug-likeness (QED) is 0.817. The van der Waals surface area contributed by atoms with Crippen LogP contribution >= 0.6 is 0 Å². The zero-order chi connectivity index (χ0) is 15.5.